The van der Waals surface area contributed by atoms with Gasteiger partial charge in [0.1, 0.15) is 0 Å². The van der Waals surface area contributed by atoms with Crippen molar-refractivity contribution in [2.45, 2.75) is 58.3 Å². The normalized spacial score (nSPS) is 32.2. The van der Waals surface area contributed by atoms with E-state index in [0.717, 1.165) is 26.2 Å². The molecule has 3 heteroatoms. The van der Waals surface area contributed by atoms with Crippen molar-refractivity contribution in [3.63, 3.8) is 0 Å². The Labute approximate surface area is 93.5 Å². The highest BCUT2D eigenvalue weighted by Crippen LogP contribution is 2.24. The minimum atomic E-state index is -0.0413. The molecule has 0 bridgehead atoms. The van der Waals surface area contributed by atoms with Crippen molar-refractivity contribution in [3.8, 4) is 0 Å². The maximum atomic E-state index is 5.67. The van der Waals surface area contributed by atoms with E-state index >= 15 is 0 Å². The van der Waals surface area contributed by atoms with Gasteiger partial charge >= 0.3 is 0 Å². The second-order valence-corrected chi connectivity index (χ2v) is 5.57. The fourth-order valence-electron chi connectivity index (χ4n) is 1.76. The van der Waals surface area contributed by atoms with Gasteiger partial charge in [-0.25, -0.2) is 0 Å². The Morgan fingerprint density at radius 1 is 1.47 bits per heavy atom. The van der Waals surface area contributed by atoms with Crippen LogP contribution in [0.3, 0.4) is 0 Å². The van der Waals surface area contributed by atoms with Crippen molar-refractivity contribution >= 4 is 0 Å². The monoisotopic (exact) mass is 215 g/mol. The van der Waals surface area contributed by atoms with E-state index in [9.17, 15) is 0 Å². The summed E-state index contributed by atoms with van der Waals surface area (Å²) >= 11 is 0. The van der Waals surface area contributed by atoms with Crippen molar-refractivity contribution < 1.29 is 9.47 Å². The minimum absolute atomic E-state index is 0.0413. The van der Waals surface area contributed by atoms with Gasteiger partial charge in [0.15, 0.2) is 0 Å². The molecule has 1 aliphatic heterocycles. The summed E-state index contributed by atoms with van der Waals surface area (Å²) in [5, 5.41) is 3.53. The smallest absolute Gasteiger partial charge is 0.0726 e. The second-order valence-electron chi connectivity index (χ2n) is 5.57. The average Bonchev–Trinajstić information content (AvgIpc) is 2.41. The van der Waals surface area contributed by atoms with Gasteiger partial charge in [-0.1, -0.05) is 0 Å². The van der Waals surface area contributed by atoms with Crippen molar-refractivity contribution in [1.29, 1.82) is 0 Å². The predicted molar refractivity (Wildman–Crippen MR) is 62.1 cm³/mol. The van der Waals surface area contributed by atoms with Gasteiger partial charge in [-0.15, -0.1) is 0 Å². The van der Waals surface area contributed by atoms with Gasteiger partial charge in [-0.2, -0.15) is 0 Å². The molecule has 0 radical (unpaired) electrons. The van der Waals surface area contributed by atoms with Crippen LogP contribution in [0.25, 0.3) is 0 Å². The van der Waals surface area contributed by atoms with Gasteiger partial charge in [-0.3, -0.25) is 0 Å². The molecule has 1 rings (SSSR count). The lowest BCUT2D eigenvalue weighted by atomic mass is 9.95. The fraction of sp³-hybridized carbons (Fsp3) is 1.00. The number of hydrogen-bond acceptors (Lipinski definition) is 3. The van der Waals surface area contributed by atoms with Crippen LogP contribution in [0.15, 0.2) is 0 Å². The zero-order chi connectivity index (χ0) is 11.5. The summed E-state index contributed by atoms with van der Waals surface area (Å²) in [6, 6.07) is 0. The molecule has 90 valence electrons. The highest BCUT2D eigenvalue weighted by Gasteiger charge is 2.36. The summed E-state index contributed by atoms with van der Waals surface area (Å²) in [6.07, 6.45) is 1.39. The third-order valence-electron chi connectivity index (χ3n) is 3.05. The molecule has 1 fully saturated rings. The first-order valence-electron chi connectivity index (χ1n) is 5.84. The summed E-state index contributed by atoms with van der Waals surface area (Å²) in [5.41, 5.74) is 0.0849. The topological polar surface area (TPSA) is 30.5 Å². The fourth-order valence-corrected chi connectivity index (χ4v) is 1.76. The molecule has 3 nitrogen and oxygen atoms in total. The Hall–Kier alpha value is -0.120. The quantitative estimate of drug-likeness (QED) is 0.727. The lowest BCUT2D eigenvalue weighted by Gasteiger charge is -2.30. The first-order chi connectivity index (χ1) is 6.83. The van der Waals surface area contributed by atoms with E-state index in [1.165, 1.54) is 0 Å². The SMILES string of the molecule is CC1OCCC1(C)NCCOC(C)(C)C. The number of rotatable bonds is 4. The summed E-state index contributed by atoms with van der Waals surface area (Å²) < 4.78 is 11.2. The van der Waals surface area contributed by atoms with Crippen molar-refractivity contribution in [2.24, 2.45) is 0 Å². The van der Waals surface area contributed by atoms with E-state index in [-0.39, 0.29) is 11.1 Å². The van der Waals surface area contributed by atoms with Crippen LogP contribution >= 0.6 is 0 Å². The van der Waals surface area contributed by atoms with Crippen LogP contribution in [-0.4, -0.2) is 37.0 Å². The zero-order valence-electron chi connectivity index (χ0n) is 10.7. The Kier molecular flexibility index (Phi) is 4.15. The molecule has 2 unspecified atom stereocenters. The summed E-state index contributed by atoms with van der Waals surface area (Å²) in [7, 11) is 0. The first kappa shape index (κ1) is 12.9. The van der Waals surface area contributed by atoms with Crippen LogP contribution in [0, 0.1) is 0 Å². The zero-order valence-corrected chi connectivity index (χ0v) is 10.7. The van der Waals surface area contributed by atoms with Gasteiger partial charge < -0.3 is 14.8 Å². The second kappa shape index (κ2) is 4.81. The standard InChI is InChI=1S/C12H25NO2/c1-10-12(5,6-8-14-10)13-7-9-15-11(2,3)4/h10,13H,6-9H2,1-5H3. The molecule has 1 saturated heterocycles. The maximum Gasteiger partial charge on any atom is 0.0726 e. The highest BCUT2D eigenvalue weighted by atomic mass is 16.5. The molecule has 1 heterocycles. The third kappa shape index (κ3) is 4.09. The Morgan fingerprint density at radius 2 is 2.13 bits per heavy atom. The summed E-state index contributed by atoms with van der Waals surface area (Å²) in [4.78, 5) is 0. The molecule has 15 heavy (non-hydrogen) atoms. The average molecular weight is 215 g/mol. The molecule has 0 saturated carbocycles. The molecule has 0 aromatic heterocycles. The van der Waals surface area contributed by atoms with Crippen LogP contribution in [-0.2, 0) is 9.47 Å². The van der Waals surface area contributed by atoms with Crippen LogP contribution in [0.4, 0.5) is 0 Å². The van der Waals surface area contributed by atoms with E-state index in [4.69, 9.17) is 9.47 Å². The summed E-state index contributed by atoms with van der Waals surface area (Å²) in [6.45, 7) is 13.1. The molecule has 0 aromatic carbocycles. The van der Waals surface area contributed by atoms with E-state index in [2.05, 4.69) is 39.9 Å². The number of ether oxygens (including phenoxy) is 2. The van der Waals surface area contributed by atoms with E-state index in [1.54, 1.807) is 0 Å². The van der Waals surface area contributed by atoms with Crippen molar-refractivity contribution in [3.05, 3.63) is 0 Å². The van der Waals surface area contributed by atoms with Crippen LogP contribution in [0.1, 0.15) is 41.0 Å². The predicted octanol–water partition coefficient (Wildman–Crippen LogP) is 1.96. The number of hydrogen-bond donors (Lipinski definition) is 1. The minimum Gasteiger partial charge on any atom is -0.377 e. The van der Waals surface area contributed by atoms with Crippen LogP contribution < -0.4 is 5.32 Å². The molecule has 0 aliphatic carbocycles. The summed E-state index contributed by atoms with van der Waals surface area (Å²) in [5.74, 6) is 0. The van der Waals surface area contributed by atoms with E-state index in [0.29, 0.717) is 6.10 Å². The lowest BCUT2D eigenvalue weighted by molar-refractivity contribution is -0.00500. The van der Waals surface area contributed by atoms with Crippen molar-refractivity contribution in [2.75, 3.05) is 19.8 Å². The molecule has 0 aromatic rings. The molecule has 0 spiro atoms. The van der Waals surface area contributed by atoms with Gasteiger partial charge in [0.25, 0.3) is 0 Å². The molecule has 0 amide bonds. The lowest BCUT2D eigenvalue weighted by Crippen LogP contribution is -2.49. The van der Waals surface area contributed by atoms with Gasteiger partial charge in [0.05, 0.1) is 18.3 Å². The van der Waals surface area contributed by atoms with E-state index < -0.39 is 0 Å². The molecular weight excluding hydrogens is 190 g/mol. The van der Waals surface area contributed by atoms with Crippen LogP contribution in [0.2, 0.25) is 0 Å². The van der Waals surface area contributed by atoms with Gasteiger partial charge in [-0.05, 0) is 41.0 Å². The maximum absolute atomic E-state index is 5.67. The van der Waals surface area contributed by atoms with Crippen LogP contribution in [0.5, 0.6) is 0 Å². The molecule has 1 aliphatic rings. The Morgan fingerprint density at radius 3 is 2.60 bits per heavy atom. The number of nitrogens with one attached hydrogen (secondary N) is 1. The Bertz CT molecular complexity index is 200. The highest BCUT2D eigenvalue weighted by molar-refractivity contribution is 4.93. The first-order valence-corrected chi connectivity index (χ1v) is 5.84. The molecular formula is C12H25NO2. The van der Waals surface area contributed by atoms with Gasteiger partial charge in [0.2, 0.25) is 0 Å². The molecule has 1 N–H and O–H groups in total. The molecule has 2 atom stereocenters. The third-order valence-corrected chi connectivity index (χ3v) is 3.05. The Balaban J connectivity index is 2.20. The van der Waals surface area contributed by atoms with Gasteiger partial charge in [0, 0.05) is 18.7 Å². The van der Waals surface area contributed by atoms with E-state index in [1.807, 2.05) is 0 Å². The largest absolute Gasteiger partial charge is 0.377 e. The van der Waals surface area contributed by atoms with Crippen molar-refractivity contribution in [1.82, 2.24) is 5.32 Å².